The quantitative estimate of drug-likeness (QED) is 0.834. The standard InChI is InChI=1S/C12H14N2O2/c15-12(16)5-4-10-2-1-3-11(8-10)14-7-6-13-9-14/h1-3,8-9H,4-7H2,(H,15,16). The number of hydrogen-bond acceptors (Lipinski definition) is 3. The minimum absolute atomic E-state index is 0.178. The molecule has 84 valence electrons. The van der Waals surface area contributed by atoms with Crippen molar-refractivity contribution in [1.29, 1.82) is 0 Å². The summed E-state index contributed by atoms with van der Waals surface area (Å²) in [6, 6.07) is 7.96. The zero-order chi connectivity index (χ0) is 11.4. The van der Waals surface area contributed by atoms with Crippen molar-refractivity contribution in [2.75, 3.05) is 18.0 Å². The first-order valence-electron chi connectivity index (χ1n) is 5.33. The Morgan fingerprint density at radius 1 is 1.50 bits per heavy atom. The first kappa shape index (κ1) is 10.7. The second kappa shape index (κ2) is 4.79. The van der Waals surface area contributed by atoms with Gasteiger partial charge in [0.05, 0.1) is 12.9 Å². The van der Waals surface area contributed by atoms with Crippen molar-refractivity contribution < 1.29 is 9.90 Å². The lowest BCUT2D eigenvalue weighted by Crippen LogP contribution is -2.18. The highest BCUT2D eigenvalue weighted by atomic mass is 16.4. The molecule has 0 saturated carbocycles. The Bertz CT molecular complexity index is 415. The van der Waals surface area contributed by atoms with E-state index < -0.39 is 5.97 Å². The summed E-state index contributed by atoms with van der Waals surface area (Å²) in [4.78, 5) is 16.7. The molecule has 1 heterocycles. The minimum Gasteiger partial charge on any atom is -0.481 e. The van der Waals surface area contributed by atoms with Gasteiger partial charge in [-0.25, -0.2) is 0 Å². The third kappa shape index (κ3) is 2.59. The molecule has 0 saturated heterocycles. The predicted molar refractivity (Wildman–Crippen MR) is 63.1 cm³/mol. The minimum atomic E-state index is -0.756. The Labute approximate surface area is 94.2 Å². The van der Waals surface area contributed by atoms with Crippen LogP contribution in [0.15, 0.2) is 29.3 Å². The van der Waals surface area contributed by atoms with Crippen LogP contribution < -0.4 is 4.90 Å². The summed E-state index contributed by atoms with van der Waals surface area (Å²) in [5.74, 6) is -0.756. The van der Waals surface area contributed by atoms with Crippen LogP contribution in [0.25, 0.3) is 0 Å². The van der Waals surface area contributed by atoms with E-state index in [0.29, 0.717) is 6.42 Å². The molecule has 0 radical (unpaired) electrons. The Kier molecular flexibility index (Phi) is 3.19. The van der Waals surface area contributed by atoms with Crippen LogP contribution in [0.1, 0.15) is 12.0 Å². The molecule has 0 bridgehead atoms. The second-order valence-electron chi connectivity index (χ2n) is 3.78. The molecule has 1 aromatic rings. The Balaban J connectivity index is 2.06. The van der Waals surface area contributed by atoms with Crippen molar-refractivity contribution in [3.05, 3.63) is 29.8 Å². The molecule has 0 spiro atoms. The molecule has 2 rings (SSSR count). The number of rotatable bonds is 4. The van der Waals surface area contributed by atoms with Crippen molar-refractivity contribution in [2.24, 2.45) is 4.99 Å². The number of aliphatic imine (C=N–C) groups is 1. The normalized spacial score (nSPS) is 14.4. The maximum absolute atomic E-state index is 10.5. The number of aliphatic carboxylic acids is 1. The first-order valence-corrected chi connectivity index (χ1v) is 5.33. The second-order valence-corrected chi connectivity index (χ2v) is 3.78. The topological polar surface area (TPSA) is 52.9 Å². The number of carbonyl (C=O) groups is 1. The summed E-state index contributed by atoms with van der Waals surface area (Å²) in [7, 11) is 0. The van der Waals surface area contributed by atoms with Crippen LogP contribution in [0, 0.1) is 0 Å². The third-order valence-electron chi connectivity index (χ3n) is 2.56. The van der Waals surface area contributed by atoms with Gasteiger partial charge in [0.2, 0.25) is 0 Å². The maximum Gasteiger partial charge on any atom is 0.303 e. The average Bonchev–Trinajstić information content (AvgIpc) is 2.80. The Hall–Kier alpha value is -1.84. The van der Waals surface area contributed by atoms with Gasteiger partial charge in [0.25, 0.3) is 0 Å². The number of carboxylic acids is 1. The fraction of sp³-hybridized carbons (Fsp3) is 0.333. The van der Waals surface area contributed by atoms with Crippen molar-refractivity contribution in [3.8, 4) is 0 Å². The lowest BCUT2D eigenvalue weighted by molar-refractivity contribution is -0.136. The fourth-order valence-electron chi connectivity index (χ4n) is 1.72. The number of aryl methyl sites for hydroxylation is 1. The molecular weight excluding hydrogens is 204 g/mol. The van der Waals surface area contributed by atoms with E-state index in [1.807, 2.05) is 30.6 Å². The van der Waals surface area contributed by atoms with E-state index in [2.05, 4.69) is 9.89 Å². The molecule has 1 aliphatic heterocycles. The molecule has 0 unspecified atom stereocenters. The van der Waals surface area contributed by atoms with Gasteiger partial charge in [-0.1, -0.05) is 12.1 Å². The molecule has 1 N–H and O–H groups in total. The van der Waals surface area contributed by atoms with E-state index in [0.717, 1.165) is 24.3 Å². The zero-order valence-electron chi connectivity index (χ0n) is 8.97. The lowest BCUT2D eigenvalue weighted by Gasteiger charge is -2.14. The molecule has 1 aliphatic rings. The zero-order valence-corrected chi connectivity index (χ0v) is 8.97. The van der Waals surface area contributed by atoms with Crippen LogP contribution in [-0.4, -0.2) is 30.5 Å². The van der Waals surface area contributed by atoms with Crippen molar-refractivity contribution >= 4 is 18.0 Å². The van der Waals surface area contributed by atoms with E-state index >= 15 is 0 Å². The number of carboxylic acid groups (broad SMARTS) is 1. The van der Waals surface area contributed by atoms with E-state index in [4.69, 9.17) is 5.11 Å². The molecule has 0 aliphatic carbocycles. The van der Waals surface area contributed by atoms with Gasteiger partial charge in [-0.05, 0) is 24.1 Å². The molecule has 0 atom stereocenters. The summed E-state index contributed by atoms with van der Waals surface area (Å²) >= 11 is 0. The molecule has 0 fully saturated rings. The number of nitrogens with zero attached hydrogens (tertiary/aromatic N) is 2. The monoisotopic (exact) mass is 218 g/mol. The maximum atomic E-state index is 10.5. The van der Waals surface area contributed by atoms with E-state index in [-0.39, 0.29) is 6.42 Å². The lowest BCUT2D eigenvalue weighted by atomic mass is 10.1. The van der Waals surface area contributed by atoms with Crippen LogP contribution in [-0.2, 0) is 11.2 Å². The first-order chi connectivity index (χ1) is 7.75. The van der Waals surface area contributed by atoms with Gasteiger partial charge in [-0.15, -0.1) is 0 Å². The number of hydrogen-bond donors (Lipinski definition) is 1. The third-order valence-corrected chi connectivity index (χ3v) is 2.56. The summed E-state index contributed by atoms with van der Waals surface area (Å²) in [6.07, 6.45) is 2.59. The van der Waals surface area contributed by atoms with E-state index in [9.17, 15) is 4.79 Å². The Morgan fingerprint density at radius 3 is 3.06 bits per heavy atom. The van der Waals surface area contributed by atoms with Crippen molar-refractivity contribution in [3.63, 3.8) is 0 Å². The van der Waals surface area contributed by atoms with Crippen LogP contribution in [0.3, 0.4) is 0 Å². The summed E-state index contributed by atoms with van der Waals surface area (Å²) < 4.78 is 0. The SMILES string of the molecule is O=C(O)CCc1cccc(N2C=NCC2)c1. The van der Waals surface area contributed by atoms with Gasteiger partial charge in [0, 0.05) is 18.7 Å². The number of benzene rings is 1. The van der Waals surface area contributed by atoms with Gasteiger partial charge >= 0.3 is 5.97 Å². The van der Waals surface area contributed by atoms with Crippen LogP contribution in [0.5, 0.6) is 0 Å². The van der Waals surface area contributed by atoms with Crippen molar-refractivity contribution in [2.45, 2.75) is 12.8 Å². The summed E-state index contributed by atoms with van der Waals surface area (Å²) in [6.45, 7) is 1.74. The fourth-order valence-corrected chi connectivity index (χ4v) is 1.72. The molecule has 4 heteroatoms. The van der Waals surface area contributed by atoms with E-state index in [1.165, 1.54) is 0 Å². The molecule has 4 nitrogen and oxygen atoms in total. The van der Waals surface area contributed by atoms with Gasteiger partial charge in [0.15, 0.2) is 0 Å². The van der Waals surface area contributed by atoms with Crippen LogP contribution >= 0.6 is 0 Å². The molecular formula is C12H14N2O2. The predicted octanol–water partition coefficient (Wildman–Crippen LogP) is 1.55. The van der Waals surface area contributed by atoms with Gasteiger partial charge in [0.1, 0.15) is 0 Å². The highest BCUT2D eigenvalue weighted by Gasteiger charge is 2.08. The smallest absolute Gasteiger partial charge is 0.303 e. The molecule has 1 aromatic carbocycles. The van der Waals surface area contributed by atoms with Crippen LogP contribution in [0.4, 0.5) is 5.69 Å². The van der Waals surface area contributed by atoms with Gasteiger partial charge < -0.3 is 10.0 Å². The molecule has 0 aromatic heterocycles. The summed E-state index contributed by atoms with van der Waals surface area (Å²) in [5, 5.41) is 8.62. The molecule has 16 heavy (non-hydrogen) atoms. The molecule has 0 amide bonds. The highest BCUT2D eigenvalue weighted by molar-refractivity contribution is 5.81. The largest absolute Gasteiger partial charge is 0.481 e. The van der Waals surface area contributed by atoms with Gasteiger partial charge in [-0.2, -0.15) is 0 Å². The number of anilines is 1. The van der Waals surface area contributed by atoms with Crippen LogP contribution in [0.2, 0.25) is 0 Å². The Morgan fingerprint density at radius 2 is 2.38 bits per heavy atom. The summed E-state index contributed by atoms with van der Waals surface area (Å²) in [5.41, 5.74) is 2.14. The van der Waals surface area contributed by atoms with Crippen molar-refractivity contribution in [1.82, 2.24) is 0 Å². The highest BCUT2D eigenvalue weighted by Crippen LogP contribution is 2.17. The average molecular weight is 218 g/mol. The van der Waals surface area contributed by atoms with Gasteiger partial charge in [-0.3, -0.25) is 9.79 Å². The van der Waals surface area contributed by atoms with E-state index in [1.54, 1.807) is 0 Å².